The lowest BCUT2D eigenvalue weighted by atomic mass is 10.0. The molecule has 0 aliphatic carbocycles. The second kappa shape index (κ2) is 8.82. The van der Waals surface area contributed by atoms with Gasteiger partial charge in [0.2, 0.25) is 0 Å². The highest BCUT2D eigenvalue weighted by molar-refractivity contribution is 6.04. The average molecular weight is 366 g/mol. The van der Waals surface area contributed by atoms with E-state index in [2.05, 4.69) is 24.5 Å². The van der Waals surface area contributed by atoms with Gasteiger partial charge in [-0.05, 0) is 60.7 Å². The van der Waals surface area contributed by atoms with Crippen molar-refractivity contribution in [1.29, 1.82) is 0 Å². The van der Waals surface area contributed by atoms with Crippen LogP contribution in [0.2, 0.25) is 0 Å². The maximum Gasteiger partial charge on any atom is 0.255 e. The van der Waals surface area contributed by atoms with Gasteiger partial charge in [0.1, 0.15) is 0 Å². The quantitative estimate of drug-likeness (QED) is 0.813. The van der Waals surface area contributed by atoms with E-state index < -0.39 is 0 Å². The summed E-state index contributed by atoms with van der Waals surface area (Å²) in [5.74, 6) is 0.134. The van der Waals surface area contributed by atoms with Gasteiger partial charge >= 0.3 is 0 Å². The van der Waals surface area contributed by atoms with Gasteiger partial charge in [-0.25, -0.2) is 0 Å². The minimum atomic E-state index is -0.166. The van der Waals surface area contributed by atoms with E-state index >= 15 is 0 Å². The molecule has 0 spiro atoms. The molecule has 3 rings (SSSR count). The van der Waals surface area contributed by atoms with Crippen molar-refractivity contribution in [1.82, 2.24) is 5.32 Å². The molecule has 2 amide bonds. The Bertz CT molecular complexity index is 776. The highest BCUT2D eigenvalue weighted by Gasteiger charge is 2.16. The molecule has 2 N–H and O–H groups in total. The van der Waals surface area contributed by atoms with Gasteiger partial charge in [-0.2, -0.15) is 0 Å². The van der Waals surface area contributed by atoms with E-state index in [0.717, 1.165) is 19.4 Å². The minimum Gasteiger partial charge on any atom is -0.376 e. The van der Waals surface area contributed by atoms with Crippen molar-refractivity contribution >= 4 is 17.5 Å². The Hall–Kier alpha value is -2.66. The smallest absolute Gasteiger partial charge is 0.255 e. The highest BCUT2D eigenvalue weighted by atomic mass is 16.5. The van der Waals surface area contributed by atoms with Crippen LogP contribution in [0, 0.1) is 0 Å². The summed E-state index contributed by atoms with van der Waals surface area (Å²) in [4.78, 5) is 24.5. The molecular formula is C22H26N2O3. The van der Waals surface area contributed by atoms with Gasteiger partial charge in [0.25, 0.3) is 11.8 Å². The summed E-state index contributed by atoms with van der Waals surface area (Å²) < 4.78 is 5.50. The lowest BCUT2D eigenvalue weighted by Gasteiger charge is -2.11. The number of amides is 2. The first-order valence-corrected chi connectivity index (χ1v) is 9.44. The lowest BCUT2D eigenvalue weighted by molar-refractivity contribution is 0.0857. The van der Waals surface area contributed by atoms with Crippen molar-refractivity contribution in [3.8, 4) is 0 Å². The Morgan fingerprint density at radius 3 is 2.22 bits per heavy atom. The molecule has 1 aliphatic heterocycles. The summed E-state index contributed by atoms with van der Waals surface area (Å²) in [6.45, 7) is 5.54. The summed E-state index contributed by atoms with van der Waals surface area (Å²) in [7, 11) is 0. The number of rotatable bonds is 6. The SMILES string of the molecule is CC(C)c1ccc(C(=O)Nc2ccc(C(=O)NCC3CCCO3)cc2)cc1. The molecule has 1 saturated heterocycles. The van der Waals surface area contributed by atoms with Gasteiger partial charge < -0.3 is 15.4 Å². The minimum absolute atomic E-state index is 0.120. The zero-order chi connectivity index (χ0) is 19.2. The van der Waals surface area contributed by atoms with Crippen molar-refractivity contribution in [3.05, 3.63) is 65.2 Å². The van der Waals surface area contributed by atoms with Crippen LogP contribution in [0.5, 0.6) is 0 Å². The van der Waals surface area contributed by atoms with Gasteiger partial charge in [0.05, 0.1) is 6.10 Å². The molecule has 0 radical (unpaired) electrons. The third-order valence-corrected chi connectivity index (χ3v) is 4.76. The number of hydrogen-bond donors (Lipinski definition) is 2. The third kappa shape index (κ3) is 5.17. The highest BCUT2D eigenvalue weighted by Crippen LogP contribution is 2.16. The van der Waals surface area contributed by atoms with E-state index in [4.69, 9.17) is 4.74 Å². The van der Waals surface area contributed by atoms with Gasteiger partial charge in [-0.1, -0.05) is 26.0 Å². The third-order valence-electron chi connectivity index (χ3n) is 4.76. The molecule has 1 fully saturated rings. The van der Waals surface area contributed by atoms with Crippen LogP contribution in [-0.4, -0.2) is 31.1 Å². The van der Waals surface area contributed by atoms with Crippen molar-refractivity contribution in [3.63, 3.8) is 0 Å². The Kier molecular flexibility index (Phi) is 6.24. The zero-order valence-corrected chi connectivity index (χ0v) is 15.8. The van der Waals surface area contributed by atoms with Gasteiger partial charge in [0, 0.05) is 30.0 Å². The zero-order valence-electron chi connectivity index (χ0n) is 15.8. The molecule has 5 nitrogen and oxygen atoms in total. The predicted molar refractivity (Wildman–Crippen MR) is 106 cm³/mol. The normalized spacial score (nSPS) is 16.3. The first-order chi connectivity index (χ1) is 13.0. The maximum absolute atomic E-state index is 12.4. The number of carbonyl (C=O) groups is 2. The number of ether oxygens (including phenoxy) is 1. The fourth-order valence-corrected chi connectivity index (χ4v) is 3.04. The molecule has 2 aromatic carbocycles. The van der Waals surface area contributed by atoms with Crippen molar-refractivity contribution in [2.75, 3.05) is 18.5 Å². The van der Waals surface area contributed by atoms with Crippen molar-refractivity contribution in [2.45, 2.75) is 38.7 Å². The molecule has 1 heterocycles. The van der Waals surface area contributed by atoms with Crippen LogP contribution >= 0.6 is 0 Å². The van der Waals surface area contributed by atoms with E-state index in [0.29, 0.717) is 29.3 Å². The number of benzene rings is 2. The molecular weight excluding hydrogens is 340 g/mol. The van der Waals surface area contributed by atoms with E-state index in [9.17, 15) is 9.59 Å². The summed E-state index contributed by atoms with van der Waals surface area (Å²) >= 11 is 0. The summed E-state index contributed by atoms with van der Waals surface area (Å²) in [6, 6.07) is 14.5. The van der Waals surface area contributed by atoms with Crippen LogP contribution in [0.4, 0.5) is 5.69 Å². The fraction of sp³-hybridized carbons (Fsp3) is 0.364. The molecule has 1 unspecified atom stereocenters. The predicted octanol–water partition coefficient (Wildman–Crippen LogP) is 3.97. The molecule has 142 valence electrons. The summed E-state index contributed by atoms with van der Waals surface area (Å²) in [6.07, 6.45) is 2.16. The largest absolute Gasteiger partial charge is 0.376 e. The van der Waals surface area contributed by atoms with Crippen LogP contribution in [0.1, 0.15) is 58.9 Å². The number of anilines is 1. The van der Waals surface area contributed by atoms with Gasteiger partial charge in [-0.15, -0.1) is 0 Å². The monoisotopic (exact) mass is 366 g/mol. The summed E-state index contributed by atoms with van der Waals surface area (Å²) in [5.41, 5.74) is 3.03. The van der Waals surface area contributed by atoms with Crippen molar-refractivity contribution in [2.24, 2.45) is 0 Å². The van der Waals surface area contributed by atoms with E-state index in [1.54, 1.807) is 24.3 Å². The Morgan fingerprint density at radius 1 is 1.00 bits per heavy atom. The van der Waals surface area contributed by atoms with Crippen molar-refractivity contribution < 1.29 is 14.3 Å². The van der Waals surface area contributed by atoms with E-state index in [1.807, 2.05) is 24.3 Å². The average Bonchev–Trinajstić information content (AvgIpc) is 3.20. The first-order valence-electron chi connectivity index (χ1n) is 9.44. The Labute approximate surface area is 160 Å². The molecule has 1 aliphatic rings. The number of hydrogen-bond acceptors (Lipinski definition) is 3. The first kappa shape index (κ1) is 19.1. The van der Waals surface area contributed by atoms with Crippen LogP contribution < -0.4 is 10.6 Å². The maximum atomic E-state index is 12.4. The molecule has 1 atom stereocenters. The number of nitrogens with one attached hydrogen (secondary N) is 2. The van der Waals surface area contributed by atoms with Gasteiger partial charge in [0.15, 0.2) is 0 Å². The molecule has 0 aromatic heterocycles. The van der Waals surface area contributed by atoms with Crippen LogP contribution in [0.25, 0.3) is 0 Å². The molecule has 27 heavy (non-hydrogen) atoms. The molecule has 0 bridgehead atoms. The van der Waals surface area contributed by atoms with E-state index in [-0.39, 0.29) is 17.9 Å². The molecule has 5 heteroatoms. The van der Waals surface area contributed by atoms with Gasteiger partial charge in [-0.3, -0.25) is 9.59 Å². The van der Waals surface area contributed by atoms with Crippen LogP contribution in [0.15, 0.2) is 48.5 Å². The second-order valence-electron chi connectivity index (χ2n) is 7.15. The molecule has 0 saturated carbocycles. The Balaban J connectivity index is 1.54. The van der Waals surface area contributed by atoms with Crippen LogP contribution in [-0.2, 0) is 4.74 Å². The standard InChI is InChI=1S/C22H26N2O3/c1-15(2)16-5-7-18(8-6-16)22(26)24-19-11-9-17(10-12-19)21(25)23-14-20-4-3-13-27-20/h5-12,15,20H,3-4,13-14H2,1-2H3,(H,23,25)(H,24,26). The number of carbonyl (C=O) groups excluding carboxylic acids is 2. The fourth-order valence-electron chi connectivity index (χ4n) is 3.04. The Morgan fingerprint density at radius 2 is 1.63 bits per heavy atom. The van der Waals surface area contributed by atoms with Crippen LogP contribution in [0.3, 0.4) is 0 Å². The van der Waals surface area contributed by atoms with E-state index in [1.165, 1.54) is 5.56 Å². The topological polar surface area (TPSA) is 67.4 Å². The second-order valence-corrected chi connectivity index (χ2v) is 7.15. The molecule has 2 aromatic rings. The summed E-state index contributed by atoms with van der Waals surface area (Å²) in [5, 5.41) is 5.75. The lowest BCUT2D eigenvalue weighted by Crippen LogP contribution is -2.31.